The molecular weight excluding hydrogens is 154 g/mol. The smallest absolute Gasteiger partial charge is 0.147 e. The van der Waals surface area contributed by atoms with Crippen LogP contribution >= 0.6 is 0 Å². The summed E-state index contributed by atoms with van der Waals surface area (Å²) in [6, 6.07) is 0.492. The average molecular weight is 169 g/mol. The first-order valence-corrected chi connectivity index (χ1v) is 4.60. The van der Waals surface area contributed by atoms with Gasteiger partial charge in [0.05, 0.1) is 12.6 Å². The number of ketones is 1. The highest BCUT2D eigenvalue weighted by Gasteiger charge is 2.38. The Balaban J connectivity index is 2.13. The highest BCUT2D eigenvalue weighted by Crippen LogP contribution is 2.30. The summed E-state index contributed by atoms with van der Waals surface area (Å²) >= 11 is 0. The molecule has 2 fully saturated rings. The van der Waals surface area contributed by atoms with Crippen molar-refractivity contribution in [2.45, 2.75) is 31.9 Å². The van der Waals surface area contributed by atoms with Crippen LogP contribution in [0.25, 0.3) is 0 Å². The van der Waals surface area contributed by atoms with Crippen LogP contribution < -0.4 is 0 Å². The molecule has 2 rings (SSSR count). The Hall–Kier alpha value is -0.410. The van der Waals surface area contributed by atoms with E-state index in [2.05, 4.69) is 11.8 Å². The van der Waals surface area contributed by atoms with Gasteiger partial charge in [-0.05, 0) is 19.3 Å². The van der Waals surface area contributed by atoms with Gasteiger partial charge < -0.3 is 5.11 Å². The molecule has 0 amide bonds. The van der Waals surface area contributed by atoms with Crippen LogP contribution in [0.2, 0.25) is 0 Å². The SMILES string of the molecule is CC1C2CC(=O)CN1CC(O)C2. The predicted octanol–water partition coefficient (Wildman–Crippen LogP) is 0.0305. The molecule has 0 aromatic heterocycles. The van der Waals surface area contributed by atoms with Gasteiger partial charge in [0.1, 0.15) is 5.78 Å². The Morgan fingerprint density at radius 3 is 3.00 bits per heavy atom. The Morgan fingerprint density at radius 2 is 2.33 bits per heavy atom. The van der Waals surface area contributed by atoms with Crippen molar-refractivity contribution >= 4 is 5.78 Å². The molecule has 2 aliphatic rings. The molecule has 0 saturated carbocycles. The van der Waals surface area contributed by atoms with Gasteiger partial charge in [-0.25, -0.2) is 0 Å². The fraction of sp³-hybridized carbons (Fsp3) is 0.889. The lowest BCUT2D eigenvalue weighted by Gasteiger charge is -2.44. The van der Waals surface area contributed by atoms with Crippen molar-refractivity contribution in [3.05, 3.63) is 0 Å². The number of hydrogen-bond acceptors (Lipinski definition) is 3. The van der Waals surface area contributed by atoms with E-state index < -0.39 is 0 Å². The molecule has 12 heavy (non-hydrogen) atoms. The van der Waals surface area contributed by atoms with Crippen LogP contribution in [0.15, 0.2) is 0 Å². The molecule has 68 valence electrons. The van der Waals surface area contributed by atoms with Crippen LogP contribution in [-0.4, -0.2) is 41.0 Å². The molecule has 2 saturated heterocycles. The zero-order valence-corrected chi connectivity index (χ0v) is 7.36. The topological polar surface area (TPSA) is 40.5 Å². The standard InChI is InChI=1S/C9H15NO2/c1-6-7-2-8(11)4-10(6)5-9(12)3-7/h6-8,11H,2-5H2,1H3. The van der Waals surface area contributed by atoms with Crippen molar-refractivity contribution in [1.82, 2.24) is 4.90 Å². The van der Waals surface area contributed by atoms with Crippen LogP contribution in [0.1, 0.15) is 19.8 Å². The molecule has 2 bridgehead atoms. The van der Waals surface area contributed by atoms with Crippen molar-refractivity contribution in [3.63, 3.8) is 0 Å². The third kappa shape index (κ3) is 1.27. The van der Waals surface area contributed by atoms with Gasteiger partial charge in [0.25, 0.3) is 0 Å². The highest BCUT2D eigenvalue weighted by molar-refractivity contribution is 5.81. The number of rotatable bonds is 0. The lowest BCUT2D eigenvalue weighted by atomic mass is 9.81. The number of hydrogen-bond donors (Lipinski definition) is 1. The van der Waals surface area contributed by atoms with Gasteiger partial charge in [-0.3, -0.25) is 9.69 Å². The summed E-state index contributed by atoms with van der Waals surface area (Å²) in [4.78, 5) is 13.3. The van der Waals surface area contributed by atoms with Gasteiger partial charge in [-0.15, -0.1) is 0 Å². The van der Waals surface area contributed by atoms with Crippen molar-refractivity contribution in [1.29, 1.82) is 0 Å². The molecule has 4 atom stereocenters. The second kappa shape index (κ2) is 2.82. The van der Waals surface area contributed by atoms with Gasteiger partial charge in [0, 0.05) is 19.0 Å². The molecule has 2 heterocycles. The fourth-order valence-electron chi connectivity index (χ4n) is 2.40. The van der Waals surface area contributed by atoms with E-state index in [0.717, 1.165) is 6.42 Å². The van der Waals surface area contributed by atoms with Crippen LogP contribution in [0.5, 0.6) is 0 Å². The van der Waals surface area contributed by atoms with Gasteiger partial charge in [-0.1, -0.05) is 0 Å². The van der Waals surface area contributed by atoms with Gasteiger partial charge in [-0.2, -0.15) is 0 Å². The van der Waals surface area contributed by atoms with E-state index in [1.807, 2.05) is 0 Å². The first-order valence-electron chi connectivity index (χ1n) is 4.60. The molecule has 1 N–H and O–H groups in total. The molecule has 3 heteroatoms. The number of aliphatic hydroxyl groups is 1. The Bertz CT molecular complexity index is 187. The Kier molecular flexibility index (Phi) is 1.93. The van der Waals surface area contributed by atoms with Crippen molar-refractivity contribution in [2.24, 2.45) is 5.92 Å². The summed E-state index contributed by atoms with van der Waals surface area (Å²) in [7, 11) is 0. The molecule has 0 aromatic carbocycles. The van der Waals surface area contributed by atoms with Crippen LogP contribution in [0.3, 0.4) is 0 Å². The molecule has 3 nitrogen and oxygen atoms in total. The molecule has 2 aliphatic heterocycles. The summed E-state index contributed by atoms with van der Waals surface area (Å²) in [6.07, 6.45) is 1.28. The largest absolute Gasteiger partial charge is 0.392 e. The zero-order valence-electron chi connectivity index (χ0n) is 7.36. The van der Waals surface area contributed by atoms with Crippen molar-refractivity contribution < 1.29 is 9.90 Å². The maximum absolute atomic E-state index is 11.2. The summed E-state index contributed by atoms with van der Waals surface area (Å²) in [5.74, 6) is 0.736. The van der Waals surface area contributed by atoms with Crippen molar-refractivity contribution in [3.8, 4) is 0 Å². The normalized spacial score (nSPS) is 47.7. The van der Waals surface area contributed by atoms with E-state index in [9.17, 15) is 9.90 Å². The third-order valence-corrected chi connectivity index (χ3v) is 3.15. The minimum atomic E-state index is -0.209. The molecule has 0 radical (unpaired) electrons. The van der Waals surface area contributed by atoms with Crippen molar-refractivity contribution in [2.75, 3.05) is 13.1 Å². The second-order valence-corrected chi connectivity index (χ2v) is 4.06. The maximum atomic E-state index is 11.2. The number of Topliss-reactive ketones (excluding diaryl/α,β-unsaturated/α-hetero) is 1. The summed E-state index contributed by atoms with van der Waals surface area (Å²) in [5, 5.41) is 9.47. The van der Waals surface area contributed by atoms with E-state index in [-0.39, 0.29) is 6.10 Å². The molecular formula is C9H15NO2. The summed E-state index contributed by atoms with van der Waals surface area (Å²) in [5.41, 5.74) is 0. The van der Waals surface area contributed by atoms with Gasteiger partial charge >= 0.3 is 0 Å². The number of carbonyl (C=O) groups excluding carboxylic acids is 1. The summed E-state index contributed by atoms with van der Waals surface area (Å²) < 4.78 is 0. The minimum Gasteiger partial charge on any atom is -0.392 e. The lowest BCUT2D eigenvalue weighted by Crippen LogP contribution is -2.55. The van der Waals surface area contributed by atoms with E-state index in [4.69, 9.17) is 0 Å². The zero-order chi connectivity index (χ0) is 8.72. The average Bonchev–Trinajstić information content (AvgIpc) is 1.94. The van der Waals surface area contributed by atoms with Crippen LogP contribution in [-0.2, 0) is 4.79 Å². The first-order chi connectivity index (χ1) is 5.66. The first kappa shape index (κ1) is 8.20. The number of carbonyl (C=O) groups is 1. The quantitative estimate of drug-likeness (QED) is 0.556. The van der Waals surface area contributed by atoms with Crippen LogP contribution in [0, 0.1) is 5.92 Å². The van der Waals surface area contributed by atoms with Gasteiger partial charge in [0.15, 0.2) is 0 Å². The van der Waals surface area contributed by atoms with E-state index in [1.165, 1.54) is 0 Å². The van der Waals surface area contributed by atoms with E-state index in [1.54, 1.807) is 0 Å². The number of nitrogens with zero attached hydrogens (tertiary/aromatic N) is 1. The minimum absolute atomic E-state index is 0.209. The Morgan fingerprint density at radius 1 is 1.58 bits per heavy atom. The highest BCUT2D eigenvalue weighted by atomic mass is 16.3. The number of fused-ring (bicyclic) bond motifs is 2. The maximum Gasteiger partial charge on any atom is 0.147 e. The summed E-state index contributed by atoms with van der Waals surface area (Å²) in [6.45, 7) is 3.39. The van der Waals surface area contributed by atoms with E-state index >= 15 is 0 Å². The molecule has 4 unspecified atom stereocenters. The van der Waals surface area contributed by atoms with Crippen LogP contribution in [0.4, 0.5) is 0 Å². The van der Waals surface area contributed by atoms with E-state index in [0.29, 0.717) is 37.3 Å². The molecule has 0 spiro atoms. The second-order valence-electron chi connectivity index (χ2n) is 4.06. The third-order valence-electron chi connectivity index (χ3n) is 3.15. The monoisotopic (exact) mass is 169 g/mol. The molecule has 0 aliphatic carbocycles. The lowest BCUT2D eigenvalue weighted by molar-refractivity contribution is -0.130. The fourth-order valence-corrected chi connectivity index (χ4v) is 2.40. The van der Waals surface area contributed by atoms with Gasteiger partial charge in [0.2, 0.25) is 0 Å². The number of piperidine rings is 2. The predicted molar refractivity (Wildman–Crippen MR) is 44.8 cm³/mol. The number of aliphatic hydroxyl groups excluding tert-OH is 1. The Labute approximate surface area is 72.4 Å². The molecule has 0 aromatic rings.